The van der Waals surface area contributed by atoms with Crippen LogP contribution in [0.25, 0.3) is 27.4 Å². The summed E-state index contributed by atoms with van der Waals surface area (Å²) in [5.74, 6) is 0. The number of halogens is 6. The van der Waals surface area contributed by atoms with Crippen molar-refractivity contribution in [3.63, 3.8) is 0 Å². The van der Waals surface area contributed by atoms with Crippen molar-refractivity contribution in [2.24, 2.45) is 0 Å². The van der Waals surface area contributed by atoms with Crippen LogP contribution in [-0.2, 0) is 12.4 Å². The van der Waals surface area contributed by atoms with Crippen molar-refractivity contribution >= 4 is 28.0 Å². The molecule has 4 aromatic rings. The van der Waals surface area contributed by atoms with Gasteiger partial charge in [0, 0.05) is 11.6 Å². The molecule has 134 valence electrons. The summed E-state index contributed by atoms with van der Waals surface area (Å²) in [7, 11) is 0. The van der Waals surface area contributed by atoms with Crippen molar-refractivity contribution in [3.05, 3.63) is 41.2 Å². The molecule has 0 aliphatic heterocycles. The Balaban J connectivity index is 2.09. The summed E-state index contributed by atoms with van der Waals surface area (Å²) in [4.78, 5) is 7.57. The second kappa shape index (κ2) is 5.37. The molecule has 5 nitrogen and oxygen atoms in total. The number of fused-ring (bicyclic) bond motifs is 3. The standard InChI is InChI=1S/C14H5F6N5S/c15-13(16,17)7-3-9(14(18,19)20)23-11-6(7)1-2-10-22-8(4-25(10)11)12-24-21-5-26-12/h1-5H. The van der Waals surface area contributed by atoms with Gasteiger partial charge in [0.1, 0.15) is 28.2 Å². The number of hydrogen-bond donors (Lipinski definition) is 0. The maximum absolute atomic E-state index is 13.3. The topological polar surface area (TPSA) is 56.0 Å². The van der Waals surface area contributed by atoms with Crippen LogP contribution in [0.3, 0.4) is 0 Å². The predicted octanol–water partition coefficient (Wildman–Crippen LogP) is 4.44. The molecule has 4 aromatic heterocycles. The molecule has 0 radical (unpaired) electrons. The van der Waals surface area contributed by atoms with Gasteiger partial charge in [0.2, 0.25) is 0 Å². The lowest BCUT2D eigenvalue weighted by Gasteiger charge is -2.14. The van der Waals surface area contributed by atoms with Gasteiger partial charge in [-0.05, 0) is 18.2 Å². The van der Waals surface area contributed by atoms with Crippen LogP contribution in [0.1, 0.15) is 11.3 Å². The van der Waals surface area contributed by atoms with Gasteiger partial charge >= 0.3 is 12.4 Å². The average molecular weight is 389 g/mol. The fourth-order valence-electron chi connectivity index (χ4n) is 2.50. The van der Waals surface area contributed by atoms with Crippen molar-refractivity contribution in [2.75, 3.05) is 0 Å². The Morgan fingerprint density at radius 2 is 1.73 bits per heavy atom. The monoisotopic (exact) mass is 389 g/mol. The molecule has 0 fully saturated rings. The van der Waals surface area contributed by atoms with Crippen LogP contribution in [-0.4, -0.2) is 24.6 Å². The number of imidazole rings is 1. The molecule has 4 rings (SSSR count). The van der Waals surface area contributed by atoms with Crippen LogP contribution >= 0.6 is 11.3 Å². The van der Waals surface area contributed by atoms with E-state index in [2.05, 4.69) is 20.2 Å². The van der Waals surface area contributed by atoms with Crippen LogP contribution in [0.15, 0.2) is 29.9 Å². The minimum absolute atomic E-state index is 0.0107. The van der Waals surface area contributed by atoms with Gasteiger partial charge in [-0.2, -0.15) is 26.3 Å². The summed E-state index contributed by atoms with van der Waals surface area (Å²) in [6.45, 7) is 0. The highest BCUT2D eigenvalue weighted by atomic mass is 32.1. The molecule has 0 amide bonds. The number of rotatable bonds is 1. The molecule has 0 atom stereocenters. The average Bonchev–Trinajstić information content (AvgIpc) is 3.20. The first kappa shape index (κ1) is 16.7. The second-order valence-electron chi connectivity index (χ2n) is 5.22. The minimum Gasteiger partial charge on any atom is -0.283 e. The SMILES string of the molecule is FC(F)(F)c1cc(C(F)(F)F)c2ccc3nc(-c4nncs4)cn3c2n1. The molecule has 0 bridgehead atoms. The highest BCUT2D eigenvalue weighted by molar-refractivity contribution is 7.12. The molecule has 0 aliphatic rings. The van der Waals surface area contributed by atoms with E-state index in [1.54, 1.807) is 0 Å². The lowest BCUT2D eigenvalue weighted by Crippen LogP contribution is -2.14. The Kier molecular flexibility index (Phi) is 3.45. The van der Waals surface area contributed by atoms with Crippen molar-refractivity contribution in [1.29, 1.82) is 0 Å². The van der Waals surface area contributed by atoms with Gasteiger partial charge in [-0.3, -0.25) is 4.40 Å². The molecule has 0 spiro atoms. The van der Waals surface area contributed by atoms with Crippen molar-refractivity contribution in [3.8, 4) is 10.7 Å². The third kappa shape index (κ3) is 2.66. The smallest absolute Gasteiger partial charge is 0.283 e. The van der Waals surface area contributed by atoms with Gasteiger partial charge in [-0.1, -0.05) is 11.3 Å². The molecule has 0 N–H and O–H groups in total. The van der Waals surface area contributed by atoms with Crippen LogP contribution in [0.5, 0.6) is 0 Å². The summed E-state index contributed by atoms with van der Waals surface area (Å²) in [6.07, 6.45) is -8.72. The summed E-state index contributed by atoms with van der Waals surface area (Å²) < 4.78 is 80.0. The molecule has 0 aromatic carbocycles. The van der Waals surface area contributed by atoms with Gasteiger partial charge in [0.05, 0.1) is 5.56 Å². The molecule has 0 aliphatic carbocycles. The highest BCUT2D eigenvalue weighted by Crippen LogP contribution is 2.38. The zero-order valence-corrected chi connectivity index (χ0v) is 13.1. The Morgan fingerprint density at radius 3 is 2.35 bits per heavy atom. The van der Waals surface area contributed by atoms with E-state index < -0.39 is 34.6 Å². The lowest BCUT2D eigenvalue weighted by atomic mass is 10.1. The first-order chi connectivity index (χ1) is 12.1. The number of aromatic nitrogens is 5. The van der Waals surface area contributed by atoms with Crippen molar-refractivity contribution in [1.82, 2.24) is 24.6 Å². The zero-order chi connectivity index (χ0) is 18.7. The van der Waals surface area contributed by atoms with E-state index in [4.69, 9.17) is 0 Å². The normalized spacial score (nSPS) is 13.0. The molecular weight excluding hydrogens is 384 g/mol. The Bertz CT molecular complexity index is 1110. The summed E-state index contributed by atoms with van der Waals surface area (Å²) in [5, 5.41) is 7.34. The van der Waals surface area contributed by atoms with E-state index in [1.165, 1.54) is 17.8 Å². The minimum atomic E-state index is -5.03. The summed E-state index contributed by atoms with van der Waals surface area (Å²) in [6, 6.07) is 2.34. The van der Waals surface area contributed by atoms with Gasteiger partial charge in [0.15, 0.2) is 5.01 Å². The van der Waals surface area contributed by atoms with E-state index in [0.29, 0.717) is 5.01 Å². The Morgan fingerprint density at radius 1 is 0.962 bits per heavy atom. The number of hydrogen-bond acceptors (Lipinski definition) is 5. The molecule has 4 heterocycles. The van der Waals surface area contributed by atoms with Crippen LogP contribution in [0.2, 0.25) is 0 Å². The third-order valence-electron chi connectivity index (χ3n) is 3.57. The van der Waals surface area contributed by atoms with E-state index >= 15 is 0 Å². The maximum atomic E-state index is 13.3. The second-order valence-corrected chi connectivity index (χ2v) is 6.05. The molecule has 0 saturated heterocycles. The quantitative estimate of drug-likeness (QED) is 0.452. The fraction of sp³-hybridized carbons (Fsp3) is 0.143. The summed E-state index contributed by atoms with van der Waals surface area (Å²) in [5.41, 5.74) is -1.69. The third-order valence-corrected chi connectivity index (χ3v) is 4.29. The van der Waals surface area contributed by atoms with E-state index in [-0.39, 0.29) is 17.4 Å². The molecule has 0 unspecified atom stereocenters. The number of alkyl halides is 6. The highest BCUT2D eigenvalue weighted by Gasteiger charge is 2.39. The van der Waals surface area contributed by atoms with Crippen molar-refractivity contribution < 1.29 is 26.3 Å². The van der Waals surface area contributed by atoms with Gasteiger partial charge < -0.3 is 0 Å². The zero-order valence-electron chi connectivity index (χ0n) is 12.3. The first-order valence-corrected chi connectivity index (χ1v) is 7.76. The van der Waals surface area contributed by atoms with E-state index in [0.717, 1.165) is 21.8 Å². The van der Waals surface area contributed by atoms with Gasteiger partial charge in [-0.25, -0.2) is 9.97 Å². The fourth-order valence-corrected chi connectivity index (χ4v) is 3.00. The first-order valence-electron chi connectivity index (χ1n) is 6.88. The van der Waals surface area contributed by atoms with Crippen LogP contribution < -0.4 is 0 Å². The molecule has 26 heavy (non-hydrogen) atoms. The van der Waals surface area contributed by atoms with E-state index in [1.807, 2.05) is 0 Å². The molecule has 12 heteroatoms. The van der Waals surface area contributed by atoms with Crippen LogP contribution in [0.4, 0.5) is 26.3 Å². The van der Waals surface area contributed by atoms with Gasteiger partial charge in [-0.15, -0.1) is 10.2 Å². The molecule has 0 saturated carbocycles. The van der Waals surface area contributed by atoms with Crippen LogP contribution in [0, 0.1) is 0 Å². The molecular formula is C14H5F6N5S. The van der Waals surface area contributed by atoms with E-state index in [9.17, 15) is 26.3 Å². The number of pyridine rings is 2. The summed E-state index contributed by atoms with van der Waals surface area (Å²) >= 11 is 1.13. The maximum Gasteiger partial charge on any atom is 0.433 e. The lowest BCUT2D eigenvalue weighted by molar-refractivity contribution is -0.144. The Hall–Kier alpha value is -2.76. The Labute approximate surface area is 143 Å². The number of nitrogens with zero attached hydrogens (tertiary/aromatic N) is 5. The predicted molar refractivity (Wildman–Crippen MR) is 79.4 cm³/mol. The largest absolute Gasteiger partial charge is 0.433 e. The van der Waals surface area contributed by atoms with Gasteiger partial charge in [0.25, 0.3) is 0 Å². The van der Waals surface area contributed by atoms with Crippen molar-refractivity contribution in [2.45, 2.75) is 12.4 Å².